The molecule has 2 N–H and O–H groups in total. The molecule has 0 amide bonds. The zero-order chi connectivity index (χ0) is 11.5. The maximum atomic E-state index is 5.81. The average molecular weight is 237 g/mol. The Morgan fingerprint density at radius 1 is 1.44 bits per heavy atom. The summed E-state index contributed by atoms with van der Waals surface area (Å²) in [6, 6.07) is 3.47. The van der Waals surface area contributed by atoms with E-state index in [1.807, 2.05) is 7.05 Å². The predicted molar refractivity (Wildman–Crippen MR) is 60.3 cm³/mol. The highest BCUT2D eigenvalue weighted by Gasteiger charge is 2.09. The summed E-state index contributed by atoms with van der Waals surface area (Å²) in [5.74, 6) is 0.527. The van der Waals surface area contributed by atoms with Crippen LogP contribution >= 0.6 is 11.8 Å². The maximum absolute atomic E-state index is 5.81. The first-order chi connectivity index (χ1) is 7.70. The highest BCUT2D eigenvalue weighted by atomic mass is 32.2. The number of hydrogen-bond donors (Lipinski definition) is 1. The Balaban J connectivity index is 2.30. The van der Waals surface area contributed by atoms with Crippen LogP contribution in [0.5, 0.6) is 5.88 Å². The summed E-state index contributed by atoms with van der Waals surface area (Å²) in [6.45, 7) is 0. The summed E-state index contributed by atoms with van der Waals surface area (Å²) in [4.78, 5) is 8.33. The Labute approximate surface area is 96.8 Å². The van der Waals surface area contributed by atoms with E-state index >= 15 is 0 Å². The largest absolute Gasteiger partial charge is 0.481 e. The third-order valence-corrected chi connectivity index (χ3v) is 3.00. The molecule has 0 atom stereocenters. The van der Waals surface area contributed by atoms with E-state index in [2.05, 4.69) is 15.1 Å². The second-order valence-electron chi connectivity index (χ2n) is 3.02. The highest BCUT2D eigenvalue weighted by Crippen LogP contribution is 2.29. The number of hydrogen-bond acceptors (Lipinski definition) is 6. The number of anilines is 1. The number of ether oxygens (including phenoxy) is 1. The van der Waals surface area contributed by atoms with Crippen molar-refractivity contribution in [1.29, 1.82) is 0 Å². The van der Waals surface area contributed by atoms with Gasteiger partial charge >= 0.3 is 0 Å². The molecule has 0 bridgehead atoms. The molecular weight excluding hydrogens is 226 g/mol. The lowest BCUT2D eigenvalue weighted by molar-refractivity contribution is 0.395. The monoisotopic (exact) mass is 237 g/mol. The molecule has 2 aromatic heterocycles. The Morgan fingerprint density at radius 2 is 2.25 bits per heavy atom. The van der Waals surface area contributed by atoms with Crippen LogP contribution in [0.3, 0.4) is 0 Å². The van der Waals surface area contributed by atoms with Crippen LogP contribution in [-0.2, 0) is 7.05 Å². The molecule has 0 saturated carbocycles. The van der Waals surface area contributed by atoms with Gasteiger partial charge in [-0.15, -0.1) is 0 Å². The lowest BCUT2D eigenvalue weighted by Crippen LogP contribution is -1.97. The smallest absolute Gasteiger partial charge is 0.214 e. The molecule has 0 spiro atoms. The van der Waals surface area contributed by atoms with E-state index in [1.165, 1.54) is 18.1 Å². The number of aryl methyl sites for hydroxylation is 1. The van der Waals surface area contributed by atoms with Crippen LogP contribution in [-0.4, -0.2) is 26.9 Å². The van der Waals surface area contributed by atoms with Crippen molar-refractivity contribution < 1.29 is 4.74 Å². The molecule has 84 valence electrons. The molecule has 2 rings (SSSR count). The molecule has 2 aromatic rings. The van der Waals surface area contributed by atoms with Crippen LogP contribution in [0, 0.1) is 0 Å². The number of methoxy groups -OCH3 is 1. The van der Waals surface area contributed by atoms with Crippen LogP contribution in [0.1, 0.15) is 0 Å². The molecule has 0 radical (unpaired) electrons. The number of nitrogens with two attached hydrogens (primary N) is 1. The van der Waals surface area contributed by atoms with Gasteiger partial charge in [0.15, 0.2) is 5.16 Å². The van der Waals surface area contributed by atoms with Crippen molar-refractivity contribution in [2.75, 3.05) is 12.8 Å². The predicted octanol–water partition coefficient (Wildman–Crippen LogP) is 0.952. The van der Waals surface area contributed by atoms with E-state index in [-0.39, 0.29) is 0 Å². The molecule has 7 heteroatoms. The molecule has 0 aliphatic heterocycles. The summed E-state index contributed by atoms with van der Waals surface area (Å²) in [6.07, 6.45) is 1.48. The fraction of sp³-hybridized carbons (Fsp3) is 0.222. The van der Waals surface area contributed by atoms with Gasteiger partial charge in [-0.25, -0.2) is 14.6 Å². The normalized spacial score (nSPS) is 10.4. The zero-order valence-corrected chi connectivity index (χ0v) is 9.73. The standard InChI is InChI=1S/C9H11N5OS/c1-14-9(11-5-12-14)16-8-6(10)3-4-7(13-8)15-2/h3-5H,10H2,1-2H3. The Kier molecular flexibility index (Phi) is 2.95. The molecule has 2 heterocycles. The molecule has 0 aromatic carbocycles. The number of nitrogen functional groups attached to an aromatic ring is 1. The van der Waals surface area contributed by atoms with Crippen LogP contribution in [0.25, 0.3) is 0 Å². The SMILES string of the molecule is COc1ccc(N)c(Sc2ncnn2C)n1. The highest BCUT2D eigenvalue weighted by molar-refractivity contribution is 7.99. The van der Waals surface area contributed by atoms with Crippen LogP contribution in [0.4, 0.5) is 5.69 Å². The van der Waals surface area contributed by atoms with Crippen molar-refractivity contribution >= 4 is 17.4 Å². The van der Waals surface area contributed by atoms with Gasteiger partial charge in [-0.2, -0.15) is 5.10 Å². The Bertz CT molecular complexity index is 498. The summed E-state index contributed by atoms with van der Waals surface area (Å²) in [5.41, 5.74) is 6.41. The first-order valence-electron chi connectivity index (χ1n) is 4.53. The summed E-state index contributed by atoms with van der Waals surface area (Å²) in [7, 11) is 3.38. The van der Waals surface area contributed by atoms with Crippen molar-refractivity contribution in [2.45, 2.75) is 10.2 Å². The summed E-state index contributed by atoms with van der Waals surface area (Å²) >= 11 is 1.35. The Hall–Kier alpha value is -1.76. The van der Waals surface area contributed by atoms with Crippen molar-refractivity contribution in [3.05, 3.63) is 18.5 Å². The maximum Gasteiger partial charge on any atom is 0.214 e. The van der Waals surface area contributed by atoms with Crippen LogP contribution < -0.4 is 10.5 Å². The molecule has 16 heavy (non-hydrogen) atoms. The molecule has 0 saturated heterocycles. The van der Waals surface area contributed by atoms with Gasteiger partial charge in [0, 0.05) is 13.1 Å². The minimum Gasteiger partial charge on any atom is -0.481 e. The topological polar surface area (TPSA) is 78.9 Å². The molecule has 6 nitrogen and oxygen atoms in total. The average Bonchev–Trinajstić information content (AvgIpc) is 2.68. The van der Waals surface area contributed by atoms with Gasteiger partial charge in [-0.3, -0.25) is 0 Å². The van der Waals surface area contributed by atoms with Crippen molar-refractivity contribution in [2.24, 2.45) is 7.05 Å². The fourth-order valence-corrected chi connectivity index (χ4v) is 1.87. The number of rotatable bonds is 3. The second-order valence-corrected chi connectivity index (χ2v) is 3.97. The Morgan fingerprint density at radius 3 is 2.88 bits per heavy atom. The fourth-order valence-electron chi connectivity index (χ4n) is 1.09. The van der Waals surface area contributed by atoms with Gasteiger partial charge in [-0.1, -0.05) is 0 Å². The van der Waals surface area contributed by atoms with Crippen molar-refractivity contribution in [1.82, 2.24) is 19.7 Å². The van der Waals surface area contributed by atoms with Gasteiger partial charge in [0.25, 0.3) is 0 Å². The van der Waals surface area contributed by atoms with E-state index in [1.54, 1.807) is 23.9 Å². The third kappa shape index (κ3) is 2.08. The molecular formula is C9H11N5OS. The van der Waals surface area contributed by atoms with Gasteiger partial charge < -0.3 is 10.5 Å². The summed E-state index contributed by atoms with van der Waals surface area (Å²) in [5, 5.41) is 5.36. The van der Waals surface area contributed by atoms with E-state index in [0.717, 1.165) is 5.16 Å². The van der Waals surface area contributed by atoms with E-state index in [0.29, 0.717) is 16.6 Å². The minimum absolute atomic E-state index is 0.527. The quantitative estimate of drug-likeness (QED) is 0.856. The minimum atomic E-state index is 0.527. The van der Waals surface area contributed by atoms with E-state index < -0.39 is 0 Å². The third-order valence-electron chi connectivity index (χ3n) is 1.93. The van der Waals surface area contributed by atoms with Crippen LogP contribution in [0.15, 0.2) is 28.6 Å². The van der Waals surface area contributed by atoms with E-state index in [9.17, 15) is 0 Å². The molecule has 0 aliphatic rings. The van der Waals surface area contributed by atoms with Gasteiger partial charge in [0.05, 0.1) is 12.8 Å². The number of pyridine rings is 1. The zero-order valence-electron chi connectivity index (χ0n) is 8.91. The summed E-state index contributed by atoms with van der Waals surface area (Å²) < 4.78 is 6.69. The lowest BCUT2D eigenvalue weighted by Gasteiger charge is -2.05. The second kappa shape index (κ2) is 4.40. The lowest BCUT2D eigenvalue weighted by atomic mass is 10.4. The van der Waals surface area contributed by atoms with E-state index in [4.69, 9.17) is 10.5 Å². The number of aromatic nitrogens is 4. The molecule has 0 unspecified atom stereocenters. The van der Waals surface area contributed by atoms with Crippen LogP contribution in [0.2, 0.25) is 0 Å². The van der Waals surface area contributed by atoms with Crippen molar-refractivity contribution in [3.63, 3.8) is 0 Å². The first-order valence-corrected chi connectivity index (χ1v) is 5.34. The number of nitrogens with zero attached hydrogens (tertiary/aromatic N) is 4. The first kappa shape index (κ1) is 10.7. The molecule has 0 aliphatic carbocycles. The van der Waals surface area contributed by atoms with Gasteiger partial charge in [0.1, 0.15) is 11.4 Å². The van der Waals surface area contributed by atoms with Gasteiger partial charge in [-0.05, 0) is 17.8 Å². The molecule has 0 fully saturated rings. The van der Waals surface area contributed by atoms with Gasteiger partial charge in [0.2, 0.25) is 5.88 Å². The van der Waals surface area contributed by atoms with Crippen molar-refractivity contribution in [3.8, 4) is 5.88 Å².